The van der Waals surface area contributed by atoms with Crippen LogP contribution in [0.5, 0.6) is 0 Å². The maximum absolute atomic E-state index is 13.4. The van der Waals surface area contributed by atoms with E-state index in [1.807, 2.05) is 24.1 Å². The molecule has 3 aliphatic carbocycles. The number of hydrogen-bond donors (Lipinski definition) is 1. The van der Waals surface area contributed by atoms with Crippen LogP contribution in [0.1, 0.15) is 71.3 Å². The van der Waals surface area contributed by atoms with E-state index in [0.717, 1.165) is 38.5 Å². The number of carbonyl (C=O) groups excluding carboxylic acids is 2. The minimum Gasteiger partial charge on any atom is -0.326 e. The van der Waals surface area contributed by atoms with E-state index < -0.39 is 0 Å². The monoisotopic (exact) mass is 445 g/mol. The van der Waals surface area contributed by atoms with E-state index in [1.54, 1.807) is 12.1 Å². The van der Waals surface area contributed by atoms with E-state index in [1.165, 1.54) is 11.3 Å². The fourth-order valence-electron chi connectivity index (χ4n) is 8.44. The Kier molecular flexibility index (Phi) is 5.19. The Morgan fingerprint density at radius 1 is 1.18 bits per heavy atom. The van der Waals surface area contributed by atoms with Gasteiger partial charge in [-0.3, -0.25) is 9.59 Å². The third kappa shape index (κ3) is 3.25. The minimum absolute atomic E-state index is 0.00260. The van der Waals surface area contributed by atoms with Crippen molar-refractivity contribution < 1.29 is 9.59 Å². The standard InChI is InChI=1S/C28H35N3O2/c1-17-14-20-21-8-9-23(26(33)30-19-7-5-6-18(15-19)16-29)27(21,2)12-10-22(20)28(3)13-11-24(32)31(4)25(17)28/h5-7,15,20-23H,8-14H2,1-4H3,(H,30,33)/t20-,21-,22+,23?,27-,28+/m0/s1. The lowest BCUT2D eigenvalue weighted by Crippen LogP contribution is -2.54. The molecule has 2 saturated carbocycles. The van der Waals surface area contributed by atoms with Crippen molar-refractivity contribution in [3.8, 4) is 6.07 Å². The molecule has 1 heterocycles. The molecule has 3 fully saturated rings. The maximum Gasteiger partial charge on any atom is 0.228 e. The normalized spacial score (nSPS) is 37.7. The molecule has 0 spiro atoms. The van der Waals surface area contributed by atoms with Crippen LogP contribution in [-0.2, 0) is 9.59 Å². The number of carbonyl (C=O) groups is 2. The first-order chi connectivity index (χ1) is 15.7. The summed E-state index contributed by atoms with van der Waals surface area (Å²) in [5.41, 5.74) is 4.00. The average molecular weight is 446 g/mol. The van der Waals surface area contributed by atoms with Crippen molar-refractivity contribution in [1.29, 1.82) is 5.26 Å². The molecule has 1 aromatic carbocycles. The molecule has 1 aromatic rings. The predicted molar refractivity (Wildman–Crippen MR) is 128 cm³/mol. The van der Waals surface area contributed by atoms with Crippen molar-refractivity contribution in [1.82, 2.24) is 4.90 Å². The highest BCUT2D eigenvalue weighted by atomic mass is 16.2. The number of nitrogens with zero attached hydrogens (tertiary/aromatic N) is 2. The second kappa shape index (κ2) is 7.72. The van der Waals surface area contributed by atoms with Gasteiger partial charge in [0.2, 0.25) is 11.8 Å². The van der Waals surface area contributed by atoms with Gasteiger partial charge in [-0.05, 0) is 86.8 Å². The Morgan fingerprint density at radius 2 is 1.97 bits per heavy atom. The number of anilines is 1. The van der Waals surface area contributed by atoms with Gasteiger partial charge in [0.15, 0.2) is 0 Å². The van der Waals surface area contributed by atoms with Crippen LogP contribution in [0.15, 0.2) is 35.5 Å². The number of allylic oxidation sites excluding steroid dienone is 2. The van der Waals surface area contributed by atoms with E-state index in [0.29, 0.717) is 35.4 Å². The number of benzene rings is 1. The van der Waals surface area contributed by atoms with Gasteiger partial charge in [-0.25, -0.2) is 0 Å². The van der Waals surface area contributed by atoms with Crippen molar-refractivity contribution in [3.63, 3.8) is 0 Å². The van der Waals surface area contributed by atoms with E-state index in [4.69, 9.17) is 0 Å². The summed E-state index contributed by atoms with van der Waals surface area (Å²) in [5, 5.41) is 12.3. The first-order valence-electron chi connectivity index (χ1n) is 12.5. The maximum atomic E-state index is 13.4. The quantitative estimate of drug-likeness (QED) is 0.654. The lowest BCUT2D eigenvalue weighted by atomic mass is 9.48. The molecular formula is C28H35N3O2. The van der Waals surface area contributed by atoms with Gasteiger partial charge in [-0.2, -0.15) is 5.26 Å². The Morgan fingerprint density at radius 3 is 2.73 bits per heavy atom. The summed E-state index contributed by atoms with van der Waals surface area (Å²) >= 11 is 0. The molecule has 1 N–H and O–H groups in total. The summed E-state index contributed by atoms with van der Waals surface area (Å²) in [4.78, 5) is 27.8. The summed E-state index contributed by atoms with van der Waals surface area (Å²) in [7, 11) is 1.96. The second-order valence-corrected chi connectivity index (χ2v) is 11.4. The van der Waals surface area contributed by atoms with Gasteiger partial charge in [0.25, 0.3) is 0 Å². The summed E-state index contributed by atoms with van der Waals surface area (Å²) < 4.78 is 0. The zero-order valence-corrected chi connectivity index (χ0v) is 20.3. The number of rotatable bonds is 2. The first kappa shape index (κ1) is 22.2. The summed E-state index contributed by atoms with van der Waals surface area (Å²) in [6.07, 6.45) is 6.86. The molecule has 1 saturated heterocycles. The molecule has 0 radical (unpaired) electrons. The summed E-state index contributed by atoms with van der Waals surface area (Å²) in [5.74, 6) is 2.06. The Bertz CT molecular complexity index is 1080. The number of fused-ring (bicyclic) bond motifs is 5. The zero-order valence-electron chi connectivity index (χ0n) is 20.3. The highest BCUT2D eigenvalue weighted by molar-refractivity contribution is 5.93. The SMILES string of the molecule is CC1=C2N(C)C(=O)CC[C@]2(C)[C@@H]2CC[C@]3(C)C(C(=O)Nc4cccc(C#N)c4)CC[C@H]3[C@@H]2C1. The van der Waals surface area contributed by atoms with E-state index in [-0.39, 0.29) is 28.6 Å². The molecule has 4 aliphatic rings. The second-order valence-electron chi connectivity index (χ2n) is 11.4. The molecule has 1 unspecified atom stereocenters. The topological polar surface area (TPSA) is 73.2 Å². The van der Waals surface area contributed by atoms with Crippen molar-refractivity contribution in [2.75, 3.05) is 12.4 Å². The first-order valence-corrected chi connectivity index (χ1v) is 12.5. The Labute approximate surface area is 197 Å². The van der Waals surface area contributed by atoms with Crippen molar-refractivity contribution in [2.24, 2.45) is 34.5 Å². The van der Waals surface area contributed by atoms with Gasteiger partial charge >= 0.3 is 0 Å². The van der Waals surface area contributed by atoms with Gasteiger partial charge in [0.1, 0.15) is 0 Å². The molecule has 1 aliphatic heterocycles. The van der Waals surface area contributed by atoms with E-state index in [2.05, 4.69) is 32.2 Å². The minimum atomic E-state index is 0.00260. The van der Waals surface area contributed by atoms with Crippen molar-refractivity contribution >= 4 is 17.5 Å². The fraction of sp³-hybridized carbons (Fsp3) is 0.607. The largest absolute Gasteiger partial charge is 0.326 e. The van der Waals surface area contributed by atoms with E-state index in [9.17, 15) is 14.9 Å². The van der Waals surface area contributed by atoms with Crippen LogP contribution in [0.3, 0.4) is 0 Å². The number of nitriles is 1. The zero-order chi connectivity index (χ0) is 23.5. The van der Waals surface area contributed by atoms with Gasteiger partial charge in [0.05, 0.1) is 11.6 Å². The van der Waals surface area contributed by atoms with Crippen LogP contribution in [0.25, 0.3) is 0 Å². The third-order valence-electron chi connectivity index (χ3n) is 9.89. The molecule has 6 atom stereocenters. The molecule has 0 aromatic heterocycles. The molecule has 5 heteroatoms. The van der Waals surface area contributed by atoms with Crippen LogP contribution in [-0.4, -0.2) is 23.8 Å². The molecule has 5 nitrogen and oxygen atoms in total. The van der Waals surface area contributed by atoms with Gasteiger partial charge in [-0.15, -0.1) is 0 Å². The fourth-order valence-corrected chi connectivity index (χ4v) is 8.44. The number of likely N-dealkylation sites (tertiary alicyclic amines) is 1. The highest BCUT2D eigenvalue weighted by Gasteiger charge is 2.61. The molecule has 2 amide bonds. The Balaban J connectivity index is 1.41. The lowest BCUT2D eigenvalue weighted by molar-refractivity contribution is -0.137. The lowest BCUT2D eigenvalue weighted by Gasteiger charge is -2.59. The van der Waals surface area contributed by atoms with Crippen LogP contribution in [0.2, 0.25) is 0 Å². The molecule has 0 bridgehead atoms. The van der Waals surface area contributed by atoms with Gasteiger partial charge < -0.3 is 10.2 Å². The smallest absolute Gasteiger partial charge is 0.228 e. The van der Waals surface area contributed by atoms with Gasteiger partial charge in [0, 0.05) is 36.2 Å². The van der Waals surface area contributed by atoms with Crippen LogP contribution in [0, 0.1) is 45.8 Å². The summed E-state index contributed by atoms with van der Waals surface area (Å²) in [6.45, 7) is 6.98. The number of hydrogen-bond acceptors (Lipinski definition) is 3. The predicted octanol–water partition coefficient (Wildman–Crippen LogP) is 5.49. The molecule has 174 valence electrons. The molecular weight excluding hydrogens is 410 g/mol. The van der Waals surface area contributed by atoms with Crippen molar-refractivity contribution in [2.45, 2.75) is 65.7 Å². The van der Waals surface area contributed by atoms with Gasteiger partial charge in [-0.1, -0.05) is 25.5 Å². The van der Waals surface area contributed by atoms with Crippen molar-refractivity contribution in [3.05, 3.63) is 41.1 Å². The van der Waals surface area contributed by atoms with E-state index >= 15 is 0 Å². The number of nitrogens with one attached hydrogen (secondary N) is 1. The number of amides is 2. The highest BCUT2D eigenvalue weighted by Crippen LogP contribution is 2.66. The average Bonchev–Trinajstić information content (AvgIpc) is 3.14. The molecule has 5 rings (SSSR count). The Hall–Kier alpha value is -2.61. The molecule has 33 heavy (non-hydrogen) atoms. The van der Waals surface area contributed by atoms with Crippen LogP contribution in [0.4, 0.5) is 5.69 Å². The third-order valence-corrected chi connectivity index (χ3v) is 9.89. The summed E-state index contributed by atoms with van der Waals surface area (Å²) in [6, 6.07) is 9.34. The van der Waals surface area contributed by atoms with Crippen LogP contribution >= 0.6 is 0 Å². The number of piperidine rings is 1. The van der Waals surface area contributed by atoms with Crippen LogP contribution < -0.4 is 5.32 Å².